The summed E-state index contributed by atoms with van der Waals surface area (Å²) in [5.74, 6) is -0.927. The molecule has 0 aromatic carbocycles. The van der Waals surface area contributed by atoms with Crippen molar-refractivity contribution < 1.29 is 28.6 Å². The van der Waals surface area contributed by atoms with E-state index in [2.05, 4.69) is 142 Å². The van der Waals surface area contributed by atoms with Crippen molar-refractivity contribution in [3.63, 3.8) is 0 Å². The molecule has 0 heterocycles. The van der Waals surface area contributed by atoms with Crippen LogP contribution in [0.4, 0.5) is 0 Å². The minimum absolute atomic E-state index is 0.0926. The Bertz CT molecular complexity index is 1700. The molecule has 0 radical (unpaired) electrons. The summed E-state index contributed by atoms with van der Waals surface area (Å²) in [6.45, 7) is 6.46. The number of esters is 3. The number of hydrogen-bond donors (Lipinski definition) is 0. The van der Waals surface area contributed by atoms with E-state index in [1.54, 1.807) is 0 Å². The molecule has 0 saturated heterocycles. The van der Waals surface area contributed by atoms with Crippen LogP contribution < -0.4 is 0 Å². The molecule has 0 aliphatic carbocycles. The second-order valence-corrected chi connectivity index (χ2v) is 23.1. The third kappa shape index (κ3) is 68.5. The Kier molecular flexibility index (Phi) is 66.7. The standard InChI is InChI=1S/C77H130O6/c1-4-7-10-13-16-19-22-24-26-28-30-32-34-36-37-38-39-40-41-42-44-45-47-49-51-53-55-58-61-64-67-70-76(79)82-73-74(72-81-75(78)69-66-63-60-57-21-18-15-12-9-6-3)83-77(80)71-68-65-62-59-56-54-52-50-48-46-43-35-33-31-29-27-25-23-20-17-14-11-8-5-2/h7,10,12,15-16,19,24,26,30,32,36-37,39-40,42,44,47,49,53,55,74H,4-6,8-9,11,13-14,17-18,20-23,25,27-29,31,33-35,38,41,43,45-46,48,50-52,54,56-73H2,1-3H3/b10-7-,15-12-,19-16-,26-24-,32-30-,37-36-,40-39-,44-42-,49-47-,55-53-. The molecule has 1 unspecified atom stereocenters. The number of unbranched alkanes of at least 4 members (excludes halogenated alkanes) is 32. The highest BCUT2D eigenvalue weighted by molar-refractivity contribution is 5.71. The summed E-state index contributed by atoms with van der Waals surface area (Å²) in [5.41, 5.74) is 0. The zero-order chi connectivity index (χ0) is 59.9. The highest BCUT2D eigenvalue weighted by Crippen LogP contribution is 2.17. The second-order valence-electron chi connectivity index (χ2n) is 23.1. The third-order valence-corrected chi connectivity index (χ3v) is 14.9. The highest BCUT2D eigenvalue weighted by Gasteiger charge is 2.19. The summed E-state index contributed by atoms with van der Waals surface area (Å²) in [7, 11) is 0. The normalized spacial score (nSPS) is 12.9. The number of hydrogen-bond acceptors (Lipinski definition) is 6. The molecule has 0 N–H and O–H groups in total. The van der Waals surface area contributed by atoms with Gasteiger partial charge >= 0.3 is 17.9 Å². The quantitative estimate of drug-likeness (QED) is 0.0261. The zero-order valence-corrected chi connectivity index (χ0v) is 54.4. The van der Waals surface area contributed by atoms with E-state index in [1.165, 1.54) is 148 Å². The molecule has 6 heteroatoms. The lowest BCUT2D eigenvalue weighted by Gasteiger charge is -2.18. The minimum atomic E-state index is -0.797. The van der Waals surface area contributed by atoms with E-state index in [0.29, 0.717) is 19.3 Å². The lowest BCUT2D eigenvalue weighted by atomic mass is 10.0. The molecule has 1 atom stereocenters. The molecule has 0 aromatic heterocycles. The first-order chi connectivity index (χ1) is 41.0. The van der Waals surface area contributed by atoms with Crippen LogP contribution in [0, 0.1) is 0 Å². The van der Waals surface area contributed by atoms with Gasteiger partial charge in [-0.3, -0.25) is 14.4 Å². The molecule has 0 saturated carbocycles. The summed E-state index contributed by atoms with van der Waals surface area (Å²) < 4.78 is 16.9. The Morgan fingerprint density at radius 3 is 0.807 bits per heavy atom. The molecule has 0 bridgehead atoms. The van der Waals surface area contributed by atoms with Crippen LogP contribution in [-0.2, 0) is 28.6 Å². The van der Waals surface area contributed by atoms with E-state index in [4.69, 9.17) is 14.2 Å². The molecule has 0 aromatic rings. The number of ether oxygens (including phenoxy) is 3. The fraction of sp³-hybridized carbons (Fsp3) is 0.701. The average molecular weight is 1150 g/mol. The maximum Gasteiger partial charge on any atom is 0.306 e. The van der Waals surface area contributed by atoms with Gasteiger partial charge in [0, 0.05) is 19.3 Å². The van der Waals surface area contributed by atoms with Gasteiger partial charge in [0.05, 0.1) is 0 Å². The summed E-state index contributed by atoms with van der Waals surface area (Å²) in [5, 5.41) is 0. The van der Waals surface area contributed by atoms with Crippen molar-refractivity contribution >= 4 is 17.9 Å². The smallest absolute Gasteiger partial charge is 0.306 e. The van der Waals surface area contributed by atoms with E-state index in [0.717, 1.165) is 141 Å². The van der Waals surface area contributed by atoms with Crippen molar-refractivity contribution in [1.82, 2.24) is 0 Å². The largest absolute Gasteiger partial charge is 0.462 e. The van der Waals surface area contributed by atoms with Crippen molar-refractivity contribution in [2.75, 3.05) is 13.2 Å². The zero-order valence-electron chi connectivity index (χ0n) is 54.4. The molecular weight excluding hydrogens is 1020 g/mol. The van der Waals surface area contributed by atoms with Crippen LogP contribution in [0.2, 0.25) is 0 Å². The maximum atomic E-state index is 12.9. The molecule has 83 heavy (non-hydrogen) atoms. The van der Waals surface area contributed by atoms with Gasteiger partial charge < -0.3 is 14.2 Å². The fourth-order valence-electron chi connectivity index (χ4n) is 9.73. The molecule has 0 amide bonds. The first kappa shape index (κ1) is 78.8. The first-order valence-corrected chi connectivity index (χ1v) is 35.0. The van der Waals surface area contributed by atoms with Crippen LogP contribution in [0.1, 0.15) is 329 Å². The molecular formula is C77H130O6. The van der Waals surface area contributed by atoms with Crippen LogP contribution in [0.5, 0.6) is 0 Å². The lowest BCUT2D eigenvalue weighted by molar-refractivity contribution is -0.167. The Morgan fingerprint density at radius 2 is 0.494 bits per heavy atom. The van der Waals surface area contributed by atoms with Crippen molar-refractivity contribution in [3.8, 4) is 0 Å². The SMILES string of the molecule is CC/C=C\C/C=C\C/C=C\C/C=C\C/C=C\C/C=C\C/C=C\C/C=C\C/C=C\CCCCCC(=O)OCC(COC(=O)CCCCCCC/C=C\CCC)OC(=O)CCCCCCCCCCCCCCCCCCCCCCCCCC. The van der Waals surface area contributed by atoms with Gasteiger partial charge in [-0.05, 0) is 109 Å². The topological polar surface area (TPSA) is 78.9 Å². The molecule has 474 valence electrons. The maximum absolute atomic E-state index is 12.9. The Morgan fingerprint density at radius 1 is 0.253 bits per heavy atom. The Balaban J connectivity index is 4.28. The summed E-state index contributed by atoms with van der Waals surface area (Å²) >= 11 is 0. The molecule has 0 fully saturated rings. The van der Waals surface area contributed by atoms with Crippen molar-refractivity contribution in [2.24, 2.45) is 0 Å². The van der Waals surface area contributed by atoms with E-state index in [1.807, 2.05) is 0 Å². The fourth-order valence-corrected chi connectivity index (χ4v) is 9.73. The van der Waals surface area contributed by atoms with Gasteiger partial charge in [0.25, 0.3) is 0 Å². The van der Waals surface area contributed by atoms with Gasteiger partial charge in [0.2, 0.25) is 0 Å². The number of allylic oxidation sites excluding steroid dienone is 20. The van der Waals surface area contributed by atoms with Gasteiger partial charge in [-0.25, -0.2) is 0 Å². The predicted octanol–water partition coefficient (Wildman–Crippen LogP) is 24.3. The van der Waals surface area contributed by atoms with E-state index < -0.39 is 6.10 Å². The van der Waals surface area contributed by atoms with Crippen LogP contribution in [-0.4, -0.2) is 37.2 Å². The van der Waals surface area contributed by atoms with Crippen LogP contribution in [0.3, 0.4) is 0 Å². The van der Waals surface area contributed by atoms with Gasteiger partial charge in [-0.2, -0.15) is 0 Å². The molecule has 0 aliphatic heterocycles. The third-order valence-electron chi connectivity index (χ3n) is 14.9. The molecule has 0 spiro atoms. The molecule has 0 aliphatic rings. The van der Waals surface area contributed by atoms with Crippen LogP contribution in [0.15, 0.2) is 122 Å². The van der Waals surface area contributed by atoms with E-state index in [9.17, 15) is 14.4 Å². The first-order valence-electron chi connectivity index (χ1n) is 35.0. The molecule has 6 nitrogen and oxygen atoms in total. The van der Waals surface area contributed by atoms with Crippen molar-refractivity contribution in [2.45, 2.75) is 335 Å². The Labute approximate surface area is 513 Å². The van der Waals surface area contributed by atoms with Crippen molar-refractivity contribution in [3.05, 3.63) is 122 Å². The highest BCUT2D eigenvalue weighted by atomic mass is 16.6. The lowest BCUT2D eigenvalue weighted by Crippen LogP contribution is -2.30. The Hall–Kier alpha value is -4.19. The monoisotopic (exact) mass is 1150 g/mol. The predicted molar refractivity (Wildman–Crippen MR) is 362 cm³/mol. The van der Waals surface area contributed by atoms with Crippen LogP contribution in [0.25, 0.3) is 0 Å². The van der Waals surface area contributed by atoms with Gasteiger partial charge in [0.1, 0.15) is 13.2 Å². The van der Waals surface area contributed by atoms with E-state index >= 15 is 0 Å². The minimum Gasteiger partial charge on any atom is -0.462 e. The van der Waals surface area contributed by atoms with E-state index in [-0.39, 0.29) is 31.1 Å². The van der Waals surface area contributed by atoms with Crippen molar-refractivity contribution in [1.29, 1.82) is 0 Å². The summed E-state index contributed by atoms with van der Waals surface area (Å²) in [6.07, 6.45) is 98.1. The number of rotatable bonds is 63. The van der Waals surface area contributed by atoms with Gasteiger partial charge in [-0.15, -0.1) is 0 Å². The van der Waals surface area contributed by atoms with Gasteiger partial charge in [-0.1, -0.05) is 322 Å². The van der Waals surface area contributed by atoms with Crippen LogP contribution >= 0.6 is 0 Å². The summed E-state index contributed by atoms with van der Waals surface area (Å²) in [4.78, 5) is 38.3. The average Bonchev–Trinajstić information content (AvgIpc) is 3.48. The van der Waals surface area contributed by atoms with Gasteiger partial charge in [0.15, 0.2) is 6.10 Å². The summed E-state index contributed by atoms with van der Waals surface area (Å²) in [6, 6.07) is 0. The number of carbonyl (C=O) groups is 3. The number of carbonyl (C=O) groups excluding carboxylic acids is 3. The second kappa shape index (κ2) is 70.3. The molecule has 0 rings (SSSR count).